The summed E-state index contributed by atoms with van der Waals surface area (Å²) < 4.78 is 26.3. The van der Waals surface area contributed by atoms with Gasteiger partial charge in [-0.25, -0.2) is 4.39 Å². The summed E-state index contributed by atoms with van der Waals surface area (Å²) in [5.74, 6) is -0.483. The van der Waals surface area contributed by atoms with Gasteiger partial charge in [0.1, 0.15) is 23.8 Å². The Labute approximate surface area is 196 Å². The van der Waals surface area contributed by atoms with Gasteiger partial charge in [0.05, 0.1) is 17.0 Å². The second kappa shape index (κ2) is 8.33. The van der Waals surface area contributed by atoms with Crippen LogP contribution >= 0.6 is 15.9 Å². The van der Waals surface area contributed by atoms with E-state index in [1.54, 1.807) is 36.4 Å². The molecule has 0 saturated carbocycles. The molecule has 0 saturated heterocycles. The number of nitrogens with zero attached hydrogens (tertiary/aromatic N) is 1. The van der Waals surface area contributed by atoms with Crippen molar-refractivity contribution in [3.63, 3.8) is 0 Å². The summed E-state index contributed by atoms with van der Waals surface area (Å²) in [5, 5.41) is 0.0864. The summed E-state index contributed by atoms with van der Waals surface area (Å²) in [7, 11) is 0. The van der Waals surface area contributed by atoms with Crippen LogP contribution < -0.4 is 15.1 Å². The van der Waals surface area contributed by atoms with Gasteiger partial charge in [0, 0.05) is 10.2 Å². The maximum Gasteiger partial charge on any atom is 0.295 e. The zero-order valence-electron chi connectivity index (χ0n) is 17.3. The highest BCUT2D eigenvalue weighted by molar-refractivity contribution is 9.10. The molecule has 4 aromatic rings. The van der Waals surface area contributed by atoms with Crippen LogP contribution in [-0.4, -0.2) is 12.5 Å². The molecule has 1 aromatic heterocycles. The maximum absolute atomic E-state index is 13.9. The minimum Gasteiger partial charge on any atom is -0.490 e. The molecule has 1 amide bonds. The van der Waals surface area contributed by atoms with Gasteiger partial charge >= 0.3 is 0 Å². The third-order valence-corrected chi connectivity index (χ3v) is 6.01. The number of anilines is 1. The zero-order chi connectivity index (χ0) is 23.1. The van der Waals surface area contributed by atoms with Crippen LogP contribution in [0.4, 0.5) is 10.1 Å². The third kappa shape index (κ3) is 3.64. The Morgan fingerprint density at radius 3 is 2.64 bits per heavy atom. The summed E-state index contributed by atoms with van der Waals surface area (Å²) in [6.45, 7) is 3.97. The lowest BCUT2D eigenvalue weighted by molar-refractivity contribution is 0.0971. The second-order valence-corrected chi connectivity index (χ2v) is 8.46. The Balaban J connectivity index is 1.76. The third-order valence-electron chi connectivity index (χ3n) is 5.48. The van der Waals surface area contributed by atoms with Crippen molar-refractivity contribution < 1.29 is 18.3 Å². The van der Waals surface area contributed by atoms with Crippen LogP contribution in [0, 0.1) is 5.82 Å². The number of fused-ring (bicyclic) bond motifs is 2. The van der Waals surface area contributed by atoms with E-state index in [1.165, 1.54) is 17.0 Å². The Morgan fingerprint density at radius 2 is 1.88 bits per heavy atom. The molecule has 1 aliphatic heterocycles. The number of benzene rings is 3. The lowest BCUT2D eigenvalue weighted by atomic mass is 9.98. The monoisotopic (exact) mass is 505 g/mol. The van der Waals surface area contributed by atoms with Gasteiger partial charge in [0.25, 0.3) is 5.91 Å². The van der Waals surface area contributed by atoms with Crippen molar-refractivity contribution in [2.24, 2.45) is 0 Å². The minimum absolute atomic E-state index is 0.0514. The average molecular weight is 506 g/mol. The van der Waals surface area contributed by atoms with Crippen LogP contribution in [-0.2, 0) is 0 Å². The quantitative estimate of drug-likeness (QED) is 0.311. The number of carbonyl (C=O) groups is 1. The molecule has 7 heteroatoms. The molecular weight excluding hydrogens is 489 g/mol. The van der Waals surface area contributed by atoms with Crippen molar-refractivity contribution >= 4 is 38.5 Å². The van der Waals surface area contributed by atoms with Gasteiger partial charge in [-0.2, -0.15) is 0 Å². The SMILES string of the molecule is C=CCOc1cccc(C2c3c(oc4ccc(F)cc4c3=O)C(=O)N2c2ccc(Br)cc2)c1. The number of carbonyl (C=O) groups excluding carboxylic acids is 1. The van der Waals surface area contributed by atoms with Crippen LogP contribution in [0.5, 0.6) is 5.75 Å². The lowest BCUT2D eigenvalue weighted by Crippen LogP contribution is -2.29. The standard InChI is InChI=1S/C26H17BrFNO4/c1-2-12-32-19-5-3-4-15(13-19)23-22-24(30)20-14-17(28)8-11-21(20)33-25(22)26(31)29(23)18-9-6-16(27)7-10-18/h2-11,13-14,23H,1,12H2. The van der Waals surface area contributed by atoms with Crippen molar-refractivity contribution in [1.82, 2.24) is 0 Å². The fraction of sp³-hybridized carbons (Fsp3) is 0.0769. The van der Waals surface area contributed by atoms with Gasteiger partial charge in [0.15, 0.2) is 5.43 Å². The van der Waals surface area contributed by atoms with Gasteiger partial charge in [-0.3, -0.25) is 14.5 Å². The average Bonchev–Trinajstić information content (AvgIpc) is 3.11. The first-order valence-electron chi connectivity index (χ1n) is 10.2. The summed E-state index contributed by atoms with van der Waals surface area (Å²) in [4.78, 5) is 28.6. The van der Waals surface area contributed by atoms with Gasteiger partial charge in [-0.05, 0) is 60.2 Å². The van der Waals surface area contributed by atoms with Crippen molar-refractivity contribution in [3.05, 3.63) is 117 Å². The first kappa shape index (κ1) is 21.2. The van der Waals surface area contributed by atoms with E-state index in [4.69, 9.17) is 9.15 Å². The van der Waals surface area contributed by atoms with Crippen LogP contribution in [0.1, 0.15) is 27.7 Å². The number of hydrogen-bond donors (Lipinski definition) is 0. The maximum atomic E-state index is 13.9. The fourth-order valence-electron chi connectivity index (χ4n) is 4.06. The van der Waals surface area contributed by atoms with Crippen LogP contribution in [0.25, 0.3) is 11.0 Å². The van der Waals surface area contributed by atoms with Crippen molar-refractivity contribution in [2.75, 3.05) is 11.5 Å². The number of ether oxygens (including phenoxy) is 1. The van der Waals surface area contributed by atoms with E-state index in [2.05, 4.69) is 22.5 Å². The lowest BCUT2D eigenvalue weighted by Gasteiger charge is -2.25. The summed E-state index contributed by atoms with van der Waals surface area (Å²) in [5.41, 5.74) is 1.14. The van der Waals surface area contributed by atoms with Crippen LogP contribution in [0.3, 0.4) is 0 Å². The first-order chi connectivity index (χ1) is 16.0. The zero-order valence-corrected chi connectivity index (χ0v) is 18.8. The summed E-state index contributed by atoms with van der Waals surface area (Å²) in [6, 6.07) is 17.3. The van der Waals surface area contributed by atoms with Crippen molar-refractivity contribution in [3.8, 4) is 5.75 Å². The molecule has 0 spiro atoms. The van der Waals surface area contributed by atoms with Gasteiger partial charge in [-0.15, -0.1) is 0 Å². The predicted molar refractivity (Wildman–Crippen MR) is 127 cm³/mol. The molecule has 5 rings (SSSR count). The first-order valence-corrected chi connectivity index (χ1v) is 11.0. The second-order valence-electron chi connectivity index (χ2n) is 7.54. The van der Waals surface area contributed by atoms with E-state index in [9.17, 15) is 14.0 Å². The highest BCUT2D eigenvalue weighted by Crippen LogP contribution is 2.42. The molecule has 1 unspecified atom stereocenters. The molecule has 164 valence electrons. The van der Waals surface area contributed by atoms with Crippen molar-refractivity contribution in [2.45, 2.75) is 6.04 Å². The molecule has 0 radical (unpaired) electrons. The topological polar surface area (TPSA) is 59.8 Å². The van der Waals surface area contributed by atoms with E-state index in [0.29, 0.717) is 23.6 Å². The van der Waals surface area contributed by atoms with E-state index in [1.807, 2.05) is 18.2 Å². The molecule has 2 heterocycles. The van der Waals surface area contributed by atoms with E-state index < -0.39 is 23.2 Å². The van der Waals surface area contributed by atoms with Gasteiger partial charge in [-0.1, -0.05) is 40.7 Å². The molecule has 3 aromatic carbocycles. The Kier molecular flexibility index (Phi) is 5.34. The van der Waals surface area contributed by atoms with Gasteiger partial charge in [0.2, 0.25) is 5.76 Å². The molecule has 0 aliphatic carbocycles. The van der Waals surface area contributed by atoms with E-state index in [-0.39, 0.29) is 22.3 Å². The van der Waals surface area contributed by atoms with Crippen LogP contribution in [0.15, 0.2) is 93.1 Å². The predicted octanol–water partition coefficient (Wildman–Crippen LogP) is 6.01. The molecular formula is C26H17BrFNO4. The van der Waals surface area contributed by atoms with Gasteiger partial charge < -0.3 is 9.15 Å². The Morgan fingerprint density at radius 1 is 1.09 bits per heavy atom. The highest BCUT2D eigenvalue weighted by atomic mass is 79.9. The number of rotatable bonds is 5. The minimum atomic E-state index is -0.773. The Bertz CT molecular complexity index is 1460. The van der Waals surface area contributed by atoms with Crippen LogP contribution in [0.2, 0.25) is 0 Å². The highest BCUT2D eigenvalue weighted by Gasteiger charge is 2.43. The fourth-order valence-corrected chi connectivity index (χ4v) is 4.32. The largest absolute Gasteiger partial charge is 0.490 e. The molecule has 5 nitrogen and oxygen atoms in total. The molecule has 0 N–H and O–H groups in total. The van der Waals surface area contributed by atoms with E-state index >= 15 is 0 Å². The number of amides is 1. The summed E-state index contributed by atoms with van der Waals surface area (Å²) >= 11 is 3.41. The summed E-state index contributed by atoms with van der Waals surface area (Å²) in [6.07, 6.45) is 1.63. The smallest absolute Gasteiger partial charge is 0.295 e. The molecule has 1 aliphatic rings. The van der Waals surface area contributed by atoms with Crippen molar-refractivity contribution in [1.29, 1.82) is 0 Å². The molecule has 33 heavy (non-hydrogen) atoms. The normalized spacial score (nSPS) is 15.0. The number of hydrogen-bond acceptors (Lipinski definition) is 4. The number of halogens is 2. The molecule has 0 bridgehead atoms. The molecule has 0 fully saturated rings. The van der Waals surface area contributed by atoms with E-state index in [0.717, 1.165) is 10.5 Å². The molecule has 1 atom stereocenters. The Hall–Kier alpha value is -3.71.